The molecule has 0 radical (unpaired) electrons. The summed E-state index contributed by atoms with van der Waals surface area (Å²) in [7, 11) is -4.16. The van der Waals surface area contributed by atoms with E-state index in [1.165, 1.54) is 0 Å². The fraction of sp³-hybridized carbons (Fsp3) is 0.538. The molecular weight excluding hydrogens is 282 g/mol. The standard InChI is InChI=1S/C13H19NO5S/c1-13(2)18-11(7-8-14-20(15,16)17)9-10-5-3-4-6-12(10)19-13/h3-6,11,14H,7-9H2,1-2H3,(H,15,16,17). The number of fused-ring (bicyclic) bond motifs is 1. The first-order valence-electron chi connectivity index (χ1n) is 6.42. The summed E-state index contributed by atoms with van der Waals surface area (Å²) in [5.74, 6) is -0.00207. The zero-order valence-electron chi connectivity index (χ0n) is 11.5. The third kappa shape index (κ3) is 4.45. The smallest absolute Gasteiger partial charge is 0.333 e. The molecule has 0 aliphatic carbocycles. The molecule has 1 heterocycles. The number of benzene rings is 1. The Hall–Kier alpha value is -1.15. The van der Waals surface area contributed by atoms with Crippen LogP contribution in [-0.2, 0) is 21.5 Å². The average molecular weight is 301 g/mol. The van der Waals surface area contributed by atoms with Crippen molar-refractivity contribution in [2.75, 3.05) is 6.54 Å². The van der Waals surface area contributed by atoms with Gasteiger partial charge in [-0.2, -0.15) is 13.1 Å². The van der Waals surface area contributed by atoms with Gasteiger partial charge in [-0.1, -0.05) is 18.2 Å². The molecule has 20 heavy (non-hydrogen) atoms. The molecule has 0 spiro atoms. The minimum Gasteiger partial charge on any atom is -0.463 e. The Morgan fingerprint density at radius 1 is 1.40 bits per heavy atom. The minimum absolute atomic E-state index is 0.113. The summed E-state index contributed by atoms with van der Waals surface area (Å²) in [6, 6.07) is 7.67. The van der Waals surface area contributed by atoms with Crippen LogP contribution in [0.1, 0.15) is 25.8 Å². The quantitative estimate of drug-likeness (QED) is 0.824. The summed E-state index contributed by atoms with van der Waals surface area (Å²) in [6.07, 6.45) is 0.885. The monoisotopic (exact) mass is 301 g/mol. The Balaban J connectivity index is 2.07. The highest BCUT2D eigenvalue weighted by Crippen LogP contribution is 2.31. The number of ether oxygens (including phenoxy) is 2. The van der Waals surface area contributed by atoms with Crippen LogP contribution in [0.25, 0.3) is 0 Å². The second kappa shape index (κ2) is 5.69. The molecule has 1 aromatic rings. The first-order chi connectivity index (χ1) is 9.25. The highest BCUT2D eigenvalue weighted by Gasteiger charge is 2.30. The van der Waals surface area contributed by atoms with Gasteiger partial charge in [0.05, 0.1) is 6.10 Å². The van der Waals surface area contributed by atoms with Crippen molar-refractivity contribution in [3.63, 3.8) is 0 Å². The topological polar surface area (TPSA) is 84.9 Å². The Labute approximate surface area is 119 Å². The van der Waals surface area contributed by atoms with Gasteiger partial charge in [0, 0.05) is 26.8 Å². The molecule has 2 N–H and O–H groups in total. The van der Waals surface area contributed by atoms with Gasteiger partial charge in [-0.15, -0.1) is 0 Å². The third-order valence-electron chi connectivity index (χ3n) is 2.98. The summed E-state index contributed by atoms with van der Waals surface area (Å²) >= 11 is 0. The molecule has 0 bridgehead atoms. The lowest BCUT2D eigenvalue weighted by Crippen LogP contribution is -2.36. The number of para-hydroxylation sites is 1. The largest absolute Gasteiger partial charge is 0.463 e. The van der Waals surface area contributed by atoms with Crippen molar-refractivity contribution in [1.82, 2.24) is 4.72 Å². The average Bonchev–Trinajstić information content (AvgIpc) is 2.41. The van der Waals surface area contributed by atoms with Gasteiger partial charge in [-0.05, 0) is 18.1 Å². The molecule has 0 saturated heterocycles. The van der Waals surface area contributed by atoms with Crippen LogP contribution in [0.15, 0.2) is 24.3 Å². The zero-order valence-corrected chi connectivity index (χ0v) is 12.3. The summed E-state index contributed by atoms with van der Waals surface area (Å²) in [6.45, 7) is 3.75. The SMILES string of the molecule is CC1(C)Oc2ccccc2CC(CCNS(=O)(=O)O)O1. The van der Waals surface area contributed by atoms with Crippen molar-refractivity contribution in [1.29, 1.82) is 0 Å². The predicted molar refractivity (Wildman–Crippen MR) is 73.9 cm³/mol. The molecule has 2 rings (SSSR count). The number of hydrogen-bond donors (Lipinski definition) is 2. The molecule has 1 atom stereocenters. The first kappa shape index (κ1) is 15.2. The van der Waals surface area contributed by atoms with E-state index in [1.807, 2.05) is 42.8 Å². The molecule has 1 aromatic carbocycles. The van der Waals surface area contributed by atoms with E-state index in [-0.39, 0.29) is 12.6 Å². The lowest BCUT2D eigenvalue weighted by molar-refractivity contribution is -0.181. The van der Waals surface area contributed by atoms with E-state index in [0.717, 1.165) is 11.3 Å². The lowest BCUT2D eigenvalue weighted by Gasteiger charge is -2.28. The Kier molecular flexibility index (Phi) is 4.33. The van der Waals surface area contributed by atoms with Crippen molar-refractivity contribution in [2.45, 2.75) is 38.6 Å². The fourth-order valence-electron chi connectivity index (χ4n) is 2.26. The summed E-state index contributed by atoms with van der Waals surface area (Å²) in [5, 5.41) is 0. The van der Waals surface area contributed by atoms with Crippen LogP contribution in [-0.4, -0.2) is 31.4 Å². The second-order valence-corrected chi connectivity index (χ2v) is 6.45. The van der Waals surface area contributed by atoms with Crippen LogP contribution in [0.4, 0.5) is 0 Å². The van der Waals surface area contributed by atoms with Crippen LogP contribution in [0.2, 0.25) is 0 Å². The van der Waals surface area contributed by atoms with Crippen molar-refractivity contribution >= 4 is 10.3 Å². The van der Waals surface area contributed by atoms with Crippen molar-refractivity contribution in [3.8, 4) is 5.75 Å². The van der Waals surface area contributed by atoms with E-state index in [0.29, 0.717) is 12.8 Å². The maximum Gasteiger partial charge on any atom is 0.333 e. The highest BCUT2D eigenvalue weighted by atomic mass is 32.2. The fourth-order valence-corrected chi connectivity index (χ4v) is 2.63. The van der Waals surface area contributed by atoms with Gasteiger partial charge in [-0.25, -0.2) is 0 Å². The summed E-state index contributed by atoms with van der Waals surface area (Å²) < 4.78 is 43.7. The molecular formula is C13H19NO5S. The van der Waals surface area contributed by atoms with Crippen LogP contribution in [0.5, 0.6) is 5.75 Å². The van der Waals surface area contributed by atoms with E-state index in [1.54, 1.807) is 0 Å². The van der Waals surface area contributed by atoms with E-state index < -0.39 is 16.1 Å². The van der Waals surface area contributed by atoms with Crippen LogP contribution in [0.3, 0.4) is 0 Å². The Bertz CT molecular complexity index is 570. The summed E-state index contributed by atoms with van der Waals surface area (Å²) in [5.41, 5.74) is 1.02. The second-order valence-electron chi connectivity index (χ2n) is 5.21. The lowest BCUT2D eigenvalue weighted by atomic mass is 10.0. The van der Waals surface area contributed by atoms with Gasteiger partial charge in [0.25, 0.3) is 0 Å². The number of nitrogens with one attached hydrogen (secondary N) is 1. The van der Waals surface area contributed by atoms with Gasteiger partial charge < -0.3 is 9.47 Å². The van der Waals surface area contributed by atoms with Crippen LogP contribution < -0.4 is 9.46 Å². The Morgan fingerprint density at radius 3 is 2.80 bits per heavy atom. The van der Waals surface area contributed by atoms with E-state index in [9.17, 15) is 8.42 Å². The van der Waals surface area contributed by atoms with Gasteiger partial charge >= 0.3 is 10.3 Å². The van der Waals surface area contributed by atoms with Crippen LogP contribution in [0, 0.1) is 0 Å². The molecule has 7 heteroatoms. The molecule has 0 fully saturated rings. The van der Waals surface area contributed by atoms with E-state index in [2.05, 4.69) is 0 Å². The maximum absolute atomic E-state index is 10.6. The minimum atomic E-state index is -4.16. The van der Waals surface area contributed by atoms with Crippen molar-refractivity contribution < 1.29 is 22.4 Å². The molecule has 0 amide bonds. The maximum atomic E-state index is 10.6. The van der Waals surface area contributed by atoms with Gasteiger partial charge in [-0.3, -0.25) is 4.55 Å². The first-order valence-corrected chi connectivity index (χ1v) is 7.86. The van der Waals surface area contributed by atoms with Gasteiger partial charge in [0.15, 0.2) is 0 Å². The molecule has 1 aliphatic rings. The predicted octanol–water partition coefficient (Wildman–Crippen LogP) is 1.53. The highest BCUT2D eigenvalue weighted by molar-refractivity contribution is 7.83. The van der Waals surface area contributed by atoms with E-state index >= 15 is 0 Å². The number of rotatable bonds is 4. The molecule has 0 aromatic heterocycles. The molecule has 112 valence electrons. The van der Waals surface area contributed by atoms with Gasteiger partial charge in [0.2, 0.25) is 5.79 Å². The van der Waals surface area contributed by atoms with Gasteiger partial charge in [0.1, 0.15) is 5.75 Å². The van der Waals surface area contributed by atoms with E-state index in [4.69, 9.17) is 14.0 Å². The molecule has 1 unspecified atom stereocenters. The zero-order chi connectivity index (χ0) is 14.8. The third-order valence-corrected chi connectivity index (χ3v) is 3.55. The molecule has 1 aliphatic heterocycles. The number of hydrogen-bond acceptors (Lipinski definition) is 4. The van der Waals surface area contributed by atoms with Crippen LogP contribution >= 0.6 is 0 Å². The summed E-state index contributed by atoms with van der Waals surface area (Å²) in [4.78, 5) is 0. The van der Waals surface area contributed by atoms with Crippen molar-refractivity contribution in [3.05, 3.63) is 29.8 Å². The Morgan fingerprint density at radius 2 is 2.10 bits per heavy atom. The normalized spacial score (nSPS) is 21.6. The van der Waals surface area contributed by atoms with Crippen molar-refractivity contribution in [2.24, 2.45) is 0 Å². The molecule has 6 nitrogen and oxygen atoms in total. The molecule has 0 saturated carbocycles.